The van der Waals surface area contributed by atoms with Gasteiger partial charge in [-0.3, -0.25) is 4.79 Å². The summed E-state index contributed by atoms with van der Waals surface area (Å²) in [4.78, 5) is 25.4. The number of carboxylic acids is 1. The average Bonchev–Trinajstić information content (AvgIpc) is 3.37. The van der Waals surface area contributed by atoms with Crippen molar-refractivity contribution in [2.24, 2.45) is 5.92 Å². The van der Waals surface area contributed by atoms with Gasteiger partial charge < -0.3 is 23.9 Å². The van der Waals surface area contributed by atoms with E-state index in [9.17, 15) is 9.59 Å². The van der Waals surface area contributed by atoms with E-state index in [4.69, 9.17) is 19.0 Å². The number of fused-ring (bicyclic) bond motifs is 1. The van der Waals surface area contributed by atoms with Gasteiger partial charge in [-0.1, -0.05) is 6.07 Å². The summed E-state index contributed by atoms with van der Waals surface area (Å²) < 4.78 is 16.6. The minimum atomic E-state index is -1.03. The van der Waals surface area contributed by atoms with Crippen LogP contribution in [0.4, 0.5) is 0 Å². The molecule has 0 radical (unpaired) electrons. The normalized spacial score (nSPS) is 20.2. The number of nitrogens with zero attached hydrogens (tertiary/aromatic N) is 1. The van der Waals surface area contributed by atoms with Crippen LogP contribution in [0.2, 0.25) is 0 Å². The third-order valence-electron chi connectivity index (χ3n) is 5.07. The van der Waals surface area contributed by atoms with E-state index in [0.29, 0.717) is 24.7 Å². The Kier molecular flexibility index (Phi) is 4.30. The molecule has 1 fully saturated rings. The summed E-state index contributed by atoms with van der Waals surface area (Å²) in [5.41, 5.74) is 1.21. The molecule has 0 saturated heterocycles. The number of aromatic carboxylic acids is 1. The largest absolute Gasteiger partial charge is 0.486 e. The van der Waals surface area contributed by atoms with Crippen LogP contribution in [0.5, 0.6) is 11.5 Å². The smallest absolute Gasteiger partial charge is 0.339 e. The van der Waals surface area contributed by atoms with E-state index in [1.807, 2.05) is 18.2 Å². The monoisotopic (exact) mass is 371 g/mol. The number of furan rings is 1. The fraction of sp³-hybridized carbons (Fsp3) is 0.400. The van der Waals surface area contributed by atoms with Crippen molar-refractivity contribution in [3.63, 3.8) is 0 Å². The summed E-state index contributed by atoms with van der Waals surface area (Å²) in [5.74, 6) is 1.39. The zero-order valence-electron chi connectivity index (χ0n) is 15.2. The molecule has 2 aromatic rings. The van der Waals surface area contributed by atoms with E-state index < -0.39 is 5.97 Å². The highest BCUT2D eigenvalue weighted by Crippen LogP contribution is 2.50. The number of rotatable bonds is 5. The standard InChI is InChI=1S/C20H21NO6/c1-11-14(20(23)24)8-13(27-11)10-21(2)19(22)16-9-15(16)12-3-4-17-18(7-12)26-6-5-25-17/h3-4,7-8,15-16H,5-6,9-10H2,1-2H3,(H,23,24)/t15-,16+/m0/s1. The van der Waals surface area contributed by atoms with Crippen molar-refractivity contribution in [2.45, 2.75) is 25.8 Å². The van der Waals surface area contributed by atoms with Crippen LogP contribution in [0.15, 0.2) is 28.7 Å². The molecule has 2 heterocycles. The Labute approximate surface area is 156 Å². The molecule has 1 aliphatic carbocycles. The maximum Gasteiger partial charge on any atom is 0.339 e. The quantitative estimate of drug-likeness (QED) is 0.869. The molecular weight excluding hydrogens is 350 g/mol. The Morgan fingerprint density at radius 3 is 2.63 bits per heavy atom. The number of benzene rings is 1. The third-order valence-corrected chi connectivity index (χ3v) is 5.07. The first-order chi connectivity index (χ1) is 12.9. The van der Waals surface area contributed by atoms with Crippen molar-refractivity contribution >= 4 is 11.9 Å². The van der Waals surface area contributed by atoms with E-state index in [-0.39, 0.29) is 29.9 Å². The molecule has 2 atom stereocenters. The Bertz CT molecular complexity index is 902. The second-order valence-corrected chi connectivity index (χ2v) is 7.03. The predicted octanol–water partition coefficient (Wildman–Crippen LogP) is 2.82. The van der Waals surface area contributed by atoms with Crippen molar-refractivity contribution in [1.82, 2.24) is 4.90 Å². The van der Waals surface area contributed by atoms with Gasteiger partial charge in [0.2, 0.25) is 5.91 Å². The van der Waals surface area contributed by atoms with E-state index in [2.05, 4.69) is 0 Å². The van der Waals surface area contributed by atoms with Crippen LogP contribution < -0.4 is 9.47 Å². The van der Waals surface area contributed by atoms with E-state index >= 15 is 0 Å². The van der Waals surface area contributed by atoms with Gasteiger partial charge in [0.25, 0.3) is 0 Å². The van der Waals surface area contributed by atoms with Crippen LogP contribution in [0.25, 0.3) is 0 Å². The summed E-state index contributed by atoms with van der Waals surface area (Å²) in [5, 5.41) is 9.11. The van der Waals surface area contributed by atoms with Gasteiger partial charge in [0.15, 0.2) is 11.5 Å². The lowest BCUT2D eigenvalue weighted by atomic mass is 10.1. The van der Waals surface area contributed by atoms with Gasteiger partial charge in [-0.2, -0.15) is 0 Å². The maximum atomic E-state index is 12.7. The highest BCUT2D eigenvalue weighted by molar-refractivity contribution is 5.89. The minimum Gasteiger partial charge on any atom is -0.486 e. The molecule has 0 spiro atoms. The number of amides is 1. The number of carbonyl (C=O) groups excluding carboxylic acids is 1. The molecule has 4 rings (SSSR count). The molecule has 1 aliphatic heterocycles. The summed E-state index contributed by atoms with van der Waals surface area (Å²) in [6, 6.07) is 7.32. The highest BCUT2D eigenvalue weighted by Gasteiger charge is 2.45. The van der Waals surface area contributed by atoms with E-state index in [1.54, 1.807) is 18.9 Å². The molecule has 1 N–H and O–H groups in total. The molecule has 7 nitrogen and oxygen atoms in total. The van der Waals surface area contributed by atoms with Crippen LogP contribution in [0, 0.1) is 12.8 Å². The van der Waals surface area contributed by atoms with Crippen molar-refractivity contribution in [1.29, 1.82) is 0 Å². The molecular formula is C20H21NO6. The zero-order valence-corrected chi connectivity index (χ0v) is 15.2. The number of carbonyl (C=O) groups is 2. The second-order valence-electron chi connectivity index (χ2n) is 7.03. The first kappa shape index (κ1) is 17.5. The topological polar surface area (TPSA) is 89.2 Å². The van der Waals surface area contributed by atoms with Crippen molar-refractivity contribution in [3.05, 3.63) is 46.9 Å². The second kappa shape index (κ2) is 6.64. The number of carboxylic acid groups (broad SMARTS) is 1. The SMILES string of the molecule is Cc1oc(CN(C)C(=O)[C@@H]2C[C@H]2c2ccc3c(c2)OCCO3)cc1C(=O)O. The molecule has 1 aromatic heterocycles. The summed E-state index contributed by atoms with van der Waals surface area (Å²) >= 11 is 0. The van der Waals surface area contributed by atoms with Gasteiger partial charge in [-0.05, 0) is 43.0 Å². The maximum absolute atomic E-state index is 12.7. The number of ether oxygens (including phenoxy) is 2. The van der Waals surface area contributed by atoms with Crippen molar-refractivity contribution in [2.75, 3.05) is 20.3 Å². The first-order valence-electron chi connectivity index (χ1n) is 8.91. The van der Waals surface area contributed by atoms with Gasteiger partial charge in [0, 0.05) is 13.0 Å². The molecule has 1 amide bonds. The molecule has 2 aliphatic rings. The number of hydrogen-bond donors (Lipinski definition) is 1. The van der Waals surface area contributed by atoms with E-state index in [0.717, 1.165) is 23.5 Å². The van der Waals surface area contributed by atoms with Crippen molar-refractivity contribution < 1.29 is 28.6 Å². The summed E-state index contributed by atoms with van der Waals surface area (Å²) in [7, 11) is 1.71. The van der Waals surface area contributed by atoms with Crippen LogP contribution in [-0.2, 0) is 11.3 Å². The fourth-order valence-electron chi connectivity index (χ4n) is 3.56. The third kappa shape index (κ3) is 3.37. The fourth-order valence-corrected chi connectivity index (χ4v) is 3.56. The number of hydrogen-bond acceptors (Lipinski definition) is 5. The van der Waals surface area contributed by atoms with Gasteiger partial charge in [-0.25, -0.2) is 4.79 Å². The van der Waals surface area contributed by atoms with Crippen LogP contribution >= 0.6 is 0 Å². The highest BCUT2D eigenvalue weighted by atomic mass is 16.6. The molecule has 0 unspecified atom stereocenters. The molecule has 7 heteroatoms. The zero-order chi connectivity index (χ0) is 19.1. The summed E-state index contributed by atoms with van der Waals surface area (Å²) in [6.07, 6.45) is 0.792. The van der Waals surface area contributed by atoms with E-state index in [1.165, 1.54) is 6.07 Å². The Morgan fingerprint density at radius 1 is 1.19 bits per heavy atom. The Balaban J connectivity index is 1.40. The molecule has 1 saturated carbocycles. The van der Waals surface area contributed by atoms with Crippen LogP contribution in [0.3, 0.4) is 0 Å². The first-order valence-corrected chi connectivity index (χ1v) is 8.91. The molecule has 0 bridgehead atoms. The Morgan fingerprint density at radius 2 is 1.93 bits per heavy atom. The lowest BCUT2D eigenvalue weighted by Crippen LogP contribution is -2.27. The lowest BCUT2D eigenvalue weighted by molar-refractivity contribution is -0.132. The molecule has 27 heavy (non-hydrogen) atoms. The number of aryl methyl sites for hydroxylation is 1. The van der Waals surface area contributed by atoms with Crippen LogP contribution in [0.1, 0.15) is 39.8 Å². The summed E-state index contributed by atoms with van der Waals surface area (Å²) in [6.45, 7) is 2.94. The van der Waals surface area contributed by atoms with Gasteiger partial charge in [0.05, 0.1) is 6.54 Å². The van der Waals surface area contributed by atoms with Gasteiger partial charge in [-0.15, -0.1) is 0 Å². The molecule has 1 aromatic carbocycles. The average molecular weight is 371 g/mol. The molecule has 142 valence electrons. The van der Waals surface area contributed by atoms with Gasteiger partial charge in [0.1, 0.15) is 30.3 Å². The Hall–Kier alpha value is -2.96. The predicted molar refractivity (Wildman–Crippen MR) is 95.2 cm³/mol. The lowest BCUT2D eigenvalue weighted by Gasteiger charge is -2.19. The van der Waals surface area contributed by atoms with Crippen molar-refractivity contribution in [3.8, 4) is 11.5 Å². The minimum absolute atomic E-state index is 0.0285. The van der Waals surface area contributed by atoms with Crippen LogP contribution in [-0.4, -0.2) is 42.1 Å². The van der Waals surface area contributed by atoms with Gasteiger partial charge >= 0.3 is 5.97 Å².